The molecule has 24 heavy (non-hydrogen) atoms. The van der Waals surface area contributed by atoms with E-state index in [2.05, 4.69) is 36.5 Å². The molecule has 0 saturated carbocycles. The van der Waals surface area contributed by atoms with Gasteiger partial charge in [-0.15, -0.1) is 0 Å². The Morgan fingerprint density at radius 3 is 2.33 bits per heavy atom. The maximum Gasteiger partial charge on any atom is 0.229 e. The lowest BCUT2D eigenvalue weighted by Gasteiger charge is -2.11. The van der Waals surface area contributed by atoms with Crippen molar-refractivity contribution in [3.05, 3.63) is 70.3 Å². The summed E-state index contributed by atoms with van der Waals surface area (Å²) >= 11 is 3.44. The van der Waals surface area contributed by atoms with Gasteiger partial charge in [-0.1, -0.05) is 18.2 Å². The van der Waals surface area contributed by atoms with Gasteiger partial charge in [0.25, 0.3) is 0 Å². The molecule has 0 bridgehead atoms. The van der Waals surface area contributed by atoms with Crippen LogP contribution in [-0.2, 0) is 0 Å². The van der Waals surface area contributed by atoms with Gasteiger partial charge in [0.05, 0.1) is 5.69 Å². The normalized spacial score (nSPS) is 10.5. The molecule has 0 aliphatic carbocycles. The average Bonchev–Trinajstić information content (AvgIpc) is 2.53. The van der Waals surface area contributed by atoms with E-state index in [9.17, 15) is 8.78 Å². The zero-order valence-corrected chi connectivity index (χ0v) is 14.2. The number of benzene rings is 2. The molecule has 1 heterocycles. The lowest BCUT2D eigenvalue weighted by molar-refractivity contribution is 0.590. The van der Waals surface area contributed by atoms with Gasteiger partial charge in [0.15, 0.2) is 0 Å². The summed E-state index contributed by atoms with van der Waals surface area (Å²) in [5.74, 6) is -0.803. The van der Waals surface area contributed by atoms with E-state index in [1.807, 2.05) is 24.3 Å². The van der Waals surface area contributed by atoms with Crippen molar-refractivity contribution in [2.24, 2.45) is 0 Å². The van der Waals surface area contributed by atoms with Gasteiger partial charge in [0.2, 0.25) is 5.95 Å². The van der Waals surface area contributed by atoms with Crippen molar-refractivity contribution < 1.29 is 8.78 Å². The molecule has 0 amide bonds. The van der Waals surface area contributed by atoms with E-state index in [0.29, 0.717) is 11.5 Å². The Kier molecular flexibility index (Phi) is 4.71. The first-order valence-electron chi connectivity index (χ1n) is 7.11. The number of hydrogen-bond donors (Lipinski definition) is 2. The lowest BCUT2D eigenvalue weighted by atomic mass is 10.3. The van der Waals surface area contributed by atoms with Crippen molar-refractivity contribution in [1.29, 1.82) is 0 Å². The van der Waals surface area contributed by atoms with Crippen LogP contribution in [0.3, 0.4) is 0 Å². The maximum atomic E-state index is 13.8. The van der Waals surface area contributed by atoms with Crippen molar-refractivity contribution in [1.82, 2.24) is 9.97 Å². The summed E-state index contributed by atoms with van der Waals surface area (Å²) in [6.07, 6.45) is 0. The van der Waals surface area contributed by atoms with E-state index < -0.39 is 11.6 Å². The van der Waals surface area contributed by atoms with Gasteiger partial charge >= 0.3 is 0 Å². The summed E-state index contributed by atoms with van der Waals surface area (Å²) in [6.45, 7) is 1.77. The second kappa shape index (κ2) is 6.92. The van der Waals surface area contributed by atoms with Crippen LogP contribution in [0.25, 0.3) is 0 Å². The SMILES string of the molecule is Cc1cc(Nc2ccccc2Br)nc(Nc2c(F)cccc2F)n1. The first-order valence-corrected chi connectivity index (χ1v) is 7.90. The summed E-state index contributed by atoms with van der Waals surface area (Å²) in [5, 5.41) is 5.74. The number of hydrogen-bond acceptors (Lipinski definition) is 4. The van der Waals surface area contributed by atoms with Gasteiger partial charge in [-0.05, 0) is 47.1 Å². The molecular weight excluding hydrogens is 378 g/mol. The Bertz CT molecular complexity index is 866. The number of nitrogens with zero attached hydrogens (tertiary/aromatic N) is 2. The van der Waals surface area contributed by atoms with Crippen LogP contribution in [-0.4, -0.2) is 9.97 Å². The Hall–Kier alpha value is -2.54. The standard InChI is InChI=1S/C17H13BrF2N4/c1-10-9-15(22-14-8-3-2-5-11(14)18)23-17(21-10)24-16-12(19)6-4-7-13(16)20/h2-9H,1H3,(H2,21,22,23,24). The lowest BCUT2D eigenvalue weighted by Crippen LogP contribution is -2.05. The topological polar surface area (TPSA) is 49.8 Å². The molecule has 2 N–H and O–H groups in total. The summed E-state index contributed by atoms with van der Waals surface area (Å²) in [4.78, 5) is 8.43. The van der Waals surface area contributed by atoms with E-state index in [0.717, 1.165) is 10.2 Å². The molecular formula is C17H13BrF2N4. The Morgan fingerprint density at radius 2 is 1.62 bits per heavy atom. The van der Waals surface area contributed by atoms with Gasteiger partial charge in [-0.25, -0.2) is 13.8 Å². The molecule has 3 rings (SSSR count). The number of aromatic nitrogens is 2. The molecule has 122 valence electrons. The first-order chi connectivity index (χ1) is 11.5. The predicted octanol–water partition coefficient (Wildman–Crippen LogP) is 5.31. The fourth-order valence-corrected chi connectivity index (χ4v) is 2.50. The van der Waals surface area contributed by atoms with E-state index in [-0.39, 0.29) is 11.6 Å². The van der Waals surface area contributed by atoms with Gasteiger partial charge in [0, 0.05) is 16.2 Å². The summed E-state index contributed by atoms with van der Waals surface area (Å²) < 4.78 is 28.4. The number of rotatable bonds is 4. The van der Waals surface area contributed by atoms with Crippen LogP contribution in [0, 0.1) is 18.6 Å². The van der Waals surface area contributed by atoms with Gasteiger partial charge < -0.3 is 10.6 Å². The molecule has 7 heteroatoms. The van der Waals surface area contributed by atoms with E-state index in [1.165, 1.54) is 18.2 Å². The number of aryl methyl sites for hydroxylation is 1. The quantitative estimate of drug-likeness (QED) is 0.633. The minimum atomic E-state index is -0.708. The highest BCUT2D eigenvalue weighted by Crippen LogP contribution is 2.26. The maximum absolute atomic E-state index is 13.8. The highest BCUT2D eigenvalue weighted by atomic mass is 79.9. The second-order valence-electron chi connectivity index (χ2n) is 5.04. The molecule has 4 nitrogen and oxygen atoms in total. The third-order valence-electron chi connectivity index (χ3n) is 3.19. The van der Waals surface area contributed by atoms with Crippen molar-refractivity contribution in [2.75, 3.05) is 10.6 Å². The number of anilines is 4. The van der Waals surface area contributed by atoms with Crippen LogP contribution in [0.4, 0.5) is 31.9 Å². The largest absolute Gasteiger partial charge is 0.339 e. The van der Waals surface area contributed by atoms with Crippen LogP contribution < -0.4 is 10.6 Å². The fourth-order valence-electron chi connectivity index (χ4n) is 2.12. The van der Waals surface area contributed by atoms with E-state index in [4.69, 9.17) is 0 Å². The molecule has 0 aliphatic heterocycles. The minimum Gasteiger partial charge on any atom is -0.339 e. The van der Waals surface area contributed by atoms with Crippen LogP contribution >= 0.6 is 15.9 Å². The van der Waals surface area contributed by atoms with Crippen molar-refractivity contribution in [2.45, 2.75) is 6.92 Å². The predicted molar refractivity (Wildman–Crippen MR) is 93.8 cm³/mol. The molecule has 0 unspecified atom stereocenters. The summed E-state index contributed by atoms with van der Waals surface area (Å²) in [7, 11) is 0. The van der Waals surface area contributed by atoms with Gasteiger partial charge in [-0.3, -0.25) is 0 Å². The van der Waals surface area contributed by atoms with Crippen LogP contribution in [0.1, 0.15) is 5.69 Å². The van der Waals surface area contributed by atoms with Gasteiger partial charge in [0.1, 0.15) is 23.1 Å². The number of nitrogens with one attached hydrogen (secondary N) is 2. The molecule has 0 fully saturated rings. The molecule has 0 spiro atoms. The molecule has 0 radical (unpaired) electrons. The third kappa shape index (κ3) is 3.68. The smallest absolute Gasteiger partial charge is 0.229 e. The number of halogens is 3. The van der Waals surface area contributed by atoms with Crippen LogP contribution in [0.2, 0.25) is 0 Å². The highest BCUT2D eigenvalue weighted by Gasteiger charge is 2.11. The zero-order chi connectivity index (χ0) is 17.1. The first kappa shape index (κ1) is 16.3. The molecule has 0 atom stereocenters. The molecule has 3 aromatic rings. The summed E-state index contributed by atoms with van der Waals surface area (Å²) in [5.41, 5.74) is 1.19. The molecule has 0 aliphatic rings. The monoisotopic (exact) mass is 390 g/mol. The van der Waals surface area contributed by atoms with Crippen molar-refractivity contribution in [3.63, 3.8) is 0 Å². The minimum absolute atomic E-state index is 0.105. The zero-order valence-electron chi connectivity index (χ0n) is 12.6. The Morgan fingerprint density at radius 1 is 0.917 bits per heavy atom. The summed E-state index contributed by atoms with van der Waals surface area (Å²) in [6, 6.07) is 12.9. The fraction of sp³-hybridized carbons (Fsp3) is 0.0588. The van der Waals surface area contributed by atoms with E-state index >= 15 is 0 Å². The average molecular weight is 391 g/mol. The Labute approximate surface area is 146 Å². The Balaban J connectivity index is 1.91. The van der Waals surface area contributed by atoms with Crippen LogP contribution in [0.5, 0.6) is 0 Å². The van der Waals surface area contributed by atoms with Gasteiger partial charge in [-0.2, -0.15) is 4.98 Å². The van der Waals surface area contributed by atoms with Crippen molar-refractivity contribution >= 4 is 39.1 Å². The second-order valence-corrected chi connectivity index (χ2v) is 5.90. The van der Waals surface area contributed by atoms with Crippen molar-refractivity contribution in [3.8, 4) is 0 Å². The van der Waals surface area contributed by atoms with E-state index in [1.54, 1.807) is 13.0 Å². The molecule has 1 aromatic heterocycles. The highest BCUT2D eigenvalue weighted by molar-refractivity contribution is 9.10. The molecule has 2 aromatic carbocycles. The van der Waals surface area contributed by atoms with Crippen LogP contribution in [0.15, 0.2) is 53.0 Å². The number of para-hydroxylation sites is 2. The molecule has 0 saturated heterocycles. The third-order valence-corrected chi connectivity index (χ3v) is 3.88.